The first-order chi connectivity index (χ1) is 11.6. The van der Waals surface area contributed by atoms with Crippen molar-refractivity contribution in [3.8, 4) is 11.5 Å². The van der Waals surface area contributed by atoms with Gasteiger partial charge in [0.2, 0.25) is 0 Å². The third-order valence-electron chi connectivity index (χ3n) is 3.27. The maximum atomic E-state index is 11.0. The normalized spacial score (nSPS) is 17.9. The van der Waals surface area contributed by atoms with Crippen molar-refractivity contribution in [3.63, 3.8) is 0 Å². The second-order valence-corrected chi connectivity index (χ2v) is 4.83. The van der Waals surface area contributed by atoms with E-state index in [9.17, 15) is 9.59 Å². The number of aliphatic hydroxyl groups is 1. The van der Waals surface area contributed by atoms with Crippen molar-refractivity contribution < 1.29 is 28.9 Å². The van der Waals surface area contributed by atoms with Gasteiger partial charge in [-0.1, -0.05) is 6.08 Å². The van der Waals surface area contributed by atoms with Gasteiger partial charge in [0.05, 0.1) is 20.0 Å². The predicted molar refractivity (Wildman–Crippen MR) is 89.8 cm³/mol. The van der Waals surface area contributed by atoms with Gasteiger partial charge in [0.25, 0.3) is 0 Å². The molecule has 0 aliphatic heterocycles. The highest BCUT2D eigenvalue weighted by molar-refractivity contribution is 5.95. The lowest BCUT2D eigenvalue weighted by molar-refractivity contribution is -0.124. The second-order valence-electron chi connectivity index (χ2n) is 4.83. The average molecular weight is 334 g/mol. The molecule has 0 saturated heterocycles. The molecule has 0 aromatic heterocycles. The number of ketones is 1. The van der Waals surface area contributed by atoms with Crippen molar-refractivity contribution in [2.24, 2.45) is 0 Å². The number of carbonyl (C=O) groups is 2. The van der Waals surface area contributed by atoms with E-state index in [-0.39, 0.29) is 5.78 Å². The maximum absolute atomic E-state index is 11.0. The highest BCUT2D eigenvalue weighted by Gasteiger charge is 2.19. The Balaban J connectivity index is 0.000000243. The second kappa shape index (κ2) is 10.2. The van der Waals surface area contributed by atoms with Crippen molar-refractivity contribution in [1.29, 1.82) is 0 Å². The summed E-state index contributed by atoms with van der Waals surface area (Å²) >= 11 is 0. The number of aliphatic hydroxyl groups excluding tert-OH is 1. The molecule has 0 saturated carbocycles. The Labute approximate surface area is 141 Å². The molecule has 1 aromatic carbocycles. The van der Waals surface area contributed by atoms with Crippen LogP contribution in [0.1, 0.15) is 23.7 Å². The quantitative estimate of drug-likeness (QED) is 0.658. The molecule has 0 heterocycles. The lowest BCUT2D eigenvalue weighted by Crippen LogP contribution is -2.24. The van der Waals surface area contributed by atoms with Gasteiger partial charge in [-0.05, 0) is 36.8 Å². The minimum absolute atomic E-state index is 0.0434. The minimum Gasteiger partial charge on any atom is -0.515 e. The number of carbonyl (C=O) groups excluding carboxylic acids is 2. The van der Waals surface area contributed by atoms with E-state index in [1.807, 2.05) is 6.92 Å². The fraction of sp³-hybridized carbons (Fsp3) is 0.333. The minimum atomic E-state index is -0.418. The predicted octanol–water partition coefficient (Wildman–Crippen LogP) is 2.88. The maximum Gasteiger partial charge on any atom is 0.184 e. The zero-order valence-electron chi connectivity index (χ0n) is 14.0. The van der Waals surface area contributed by atoms with E-state index in [1.165, 1.54) is 13.2 Å². The van der Waals surface area contributed by atoms with E-state index in [2.05, 4.69) is 0 Å². The van der Waals surface area contributed by atoms with Gasteiger partial charge in [0.1, 0.15) is 12.4 Å². The SMILES string of the molecule is CCOc1ccc(C=O)cc1OC.COC1CC(=CO)C=CC1=O. The standard InChI is InChI=1S/C10H12O3.C8H10O3/c1-3-13-9-5-4-8(7-11)6-10(9)12-2;1-11-8-4-6(5-9)2-3-7(8)10/h4-7H,3H2,1-2H3;2-3,5,8-9H,4H2,1H3. The fourth-order valence-electron chi connectivity index (χ4n) is 2.01. The van der Waals surface area contributed by atoms with Crippen LogP contribution in [0.4, 0.5) is 0 Å². The molecule has 0 fully saturated rings. The van der Waals surface area contributed by atoms with E-state index < -0.39 is 6.10 Å². The van der Waals surface area contributed by atoms with Gasteiger partial charge in [0, 0.05) is 19.1 Å². The molecular weight excluding hydrogens is 312 g/mol. The molecule has 0 radical (unpaired) electrons. The Morgan fingerprint density at radius 2 is 2.00 bits per heavy atom. The van der Waals surface area contributed by atoms with Crippen molar-refractivity contribution in [1.82, 2.24) is 0 Å². The zero-order chi connectivity index (χ0) is 17.9. The molecule has 6 heteroatoms. The van der Waals surface area contributed by atoms with Crippen LogP contribution >= 0.6 is 0 Å². The van der Waals surface area contributed by atoms with Crippen molar-refractivity contribution in [2.75, 3.05) is 20.8 Å². The van der Waals surface area contributed by atoms with Gasteiger partial charge in [0.15, 0.2) is 17.3 Å². The van der Waals surface area contributed by atoms with E-state index in [4.69, 9.17) is 19.3 Å². The van der Waals surface area contributed by atoms with Gasteiger partial charge in [-0.2, -0.15) is 0 Å². The summed E-state index contributed by atoms with van der Waals surface area (Å²) in [5, 5.41) is 8.61. The number of ether oxygens (including phenoxy) is 3. The Morgan fingerprint density at radius 3 is 2.54 bits per heavy atom. The molecule has 0 spiro atoms. The number of aldehydes is 1. The average Bonchev–Trinajstić information content (AvgIpc) is 2.63. The van der Waals surface area contributed by atoms with Crippen molar-refractivity contribution in [3.05, 3.63) is 47.7 Å². The lowest BCUT2D eigenvalue weighted by atomic mass is 9.99. The third kappa shape index (κ3) is 5.55. The summed E-state index contributed by atoms with van der Waals surface area (Å²) in [5.41, 5.74) is 1.30. The number of allylic oxidation sites excluding steroid dienone is 1. The first-order valence-corrected chi connectivity index (χ1v) is 7.43. The van der Waals surface area contributed by atoms with Crippen LogP contribution in [0.5, 0.6) is 11.5 Å². The van der Waals surface area contributed by atoms with Crippen LogP contribution in [-0.4, -0.2) is 44.1 Å². The molecule has 1 aliphatic rings. The van der Waals surface area contributed by atoms with Crippen LogP contribution in [0.2, 0.25) is 0 Å². The molecule has 0 bridgehead atoms. The van der Waals surface area contributed by atoms with Crippen LogP contribution in [0.3, 0.4) is 0 Å². The van der Waals surface area contributed by atoms with Gasteiger partial charge in [-0.3, -0.25) is 9.59 Å². The molecule has 1 unspecified atom stereocenters. The fourth-order valence-corrected chi connectivity index (χ4v) is 2.01. The molecule has 2 rings (SSSR count). The Hall–Kier alpha value is -2.60. The Kier molecular flexibility index (Phi) is 8.29. The first kappa shape index (κ1) is 19.4. The number of methoxy groups -OCH3 is 2. The summed E-state index contributed by atoms with van der Waals surface area (Å²) in [6.07, 6.45) is 4.83. The molecule has 1 aromatic rings. The van der Waals surface area contributed by atoms with Gasteiger partial charge >= 0.3 is 0 Å². The largest absolute Gasteiger partial charge is 0.515 e. The van der Waals surface area contributed by atoms with Gasteiger partial charge in [-0.25, -0.2) is 0 Å². The lowest BCUT2D eigenvalue weighted by Gasteiger charge is -2.15. The van der Waals surface area contributed by atoms with Crippen molar-refractivity contribution in [2.45, 2.75) is 19.4 Å². The topological polar surface area (TPSA) is 82.1 Å². The van der Waals surface area contributed by atoms with Crippen LogP contribution in [0, 0.1) is 0 Å². The Morgan fingerprint density at radius 1 is 1.25 bits per heavy atom. The summed E-state index contributed by atoms with van der Waals surface area (Å²) in [5.74, 6) is 1.21. The number of rotatable bonds is 5. The van der Waals surface area contributed by atoms with E-state index in [1.54, 1.807) is 31.4 Å². The highest BCUT2D eigenvalue weighted by Crippen LogP contribution is 2.27. The van der Waals surface area contributed by atoms with Crippen LogP contribution in [-0.2, 0) is 9.53 Å². The molecule has 130 valence electrons. The zero-order valence-corrected chi connectivity index (χ0v) is 14.0. The third-order valence-corrected chi connectivity index (χ3v) is 3.27. The van der Waals surface area contributed by atoms with Gasteiger partial charge in [-0.15, -0.1) is 0 Å². The van der Waals surface area contributed by atoms with Gasteiger partial charge < -0.3 is 19.3 Å². The van der Waals surface area contributed by atoms with Crippen LogP contribution in [0.25, 0.3) is 0 Å². The number of hydrogen-bond donors (Lipinski definition) is 1. The number of benzene rings is 1. The van der Waals surface area contributed by atoms with E-state index in [0.717, 1.165) is 18.1 Å². The van der Waals surface area contributed by atoms with Crippen molar-refractivity contribution >= 4 is 12.1 Å². The van der Waals surface area contributed by atoms with Crippen LogP contribution in [0.15, 0.2) is 42.2 Å². The molecular formula is C18H22O6. The molecule has 0 amide bonds. The van der Waals surface area contributed by atoms with Crippen LogP contribution < -0.4 is 9.47 Å². The first-order valence-electron chi connectivity index (χ1n) is 7.43. The molecule has 1 N–H and O–H groups in total. The summed E-state index contributed by atoms with van der Waals surface area (Å²) in [6.45, 7) is 2.48. The summed E-state index contributed by atoms with van der Waals surface area (Å²) in [7, 11) is 3.03. The van der Waals surface area contributed by atoms with E-state index in [0.29, 0.717) is 30.1 Å². The highest BCUT2D eigenvalue weighted by atomic mass is 16.5. The molecule has 1 atom stereocenters. The monoisotopic (exact) mass is 334 g/mol. The molecule has 24 heavy (non-hydrogen) atoms. The Bertz CT molecular complexity index is 618. The molecule has 6 nitrogen and oxygen atoms in total. The smallest absolute Gasteiger partial charge is 0.184 e. The number of hydrogen-bond acceptors (Lipinski definition) is 6. The summed E-state index contributed by atoms with van der Waals surface area (Å²) in [6, 6.07) is 5.07. The molecule has 1 aliphatic carbocycles. The van der Waals surface area contributed by atoms with E-state index >= 15 is 0 Å². The summed E-state index contributed by atoms with van der Waals surface area (Å²) in [4.78, 5) is 21.4. The summed E-state index contributed by atoms with van der Waals surface area (Å²) < 4.78 is 15.2.